The summed E-state index contributed by atoms with van der Waals surface area (Å²) in [4.78, 5) is 20.2. The second kappa shape index (κ2) is 13.3. The summed E-state index contributed by atoms with van der Waals surface area (Å²) in [5.41, 5.74) is 0.764. The van der Waals surface area contributed by atoms with Crippen molar-refractivity contribution in [3.05, 3.63) is 59.7 Å². The van der Waals surface area contributed by atoms with Crippen LogP contribution in [0.4, 0.5) is 0 Å². The minimum Gasteiger partial charge on any atom is -0.550 e. The van der Waals surface area contributed by atoms with Gasteiger partial charge in [0.2, 0.25) is 0 Å². The minimum absolute atomic E-state index is 0. The molecule has 0 saturated carbocycles. The van der Waals surface area contributed by atoms with Crippen LogP contribution in [-0.4, -0.2) is 22.2 Å². The Morgan fingerprint density at radius 1 is 0.708 bits per heavy atom. The van der Waals surface area contributed by atoms with Gasteiger partial charge < -0.3 is 30.0 Å². The van der Waals surface area contributed by atoms with Crippen LogP contribution in [0.1, 0.15) is 11.1 Å². The van der Waals surface area contributed by atoms with Gasteiger partial charge in [-0.2, -0.15) is 0 Å². The van der Waals surface area contributed by atoms with Gasteiger partial charge in [-0.05, 0) is 23.3 Å². The molecule has 0 spiro atoms. The maximum Gasteiger partial charge on any atom is 1.00 e. The van der Waals surface area contributed by atoms with E-state index in [1.165, 1.54) is 12.1 Å². The molecule has 116 valence electrons. The molecule has 0 saturated heterocycles. The number of benzene rings is 2. The van der Waals surface area contributed by atoms with Crippen LogP contribution in [0.2, 0.25) is 0 Å². The molecule has 2 rings (SSSR count). The van der Waals surface area contributed by atoms with E-state index in [1.54, 1.807) is 36.4 Å². The molecule has 0 aromatic heterocycles. The molecular formula is C16H14Na2O6. The number of aromatic hydroxyl groups is 2. The number of carbonyl (C=O) groups excluding carboxylic acids is 2. The van der Waals surface area contributed by atoms with Crippen molar-refractivity contribution < 1.29 is 89.1 Å². The number of para-hydroxylation sites is 2. The molecule has 0 atom stereocenters. The number of hydrogen-bond acceptors (Lipinski definition) is 6. The Kier molecular flexibility index (Phi) is 14.0. The number of carbonyl (C=O) groups is 2. The van der Waals surface area contributed by atoms with Gasteiger partial charge in [-0.15, -0.1) is 0 Å². The number of hydrogen-bond donors (Lipinski definition) is 2. The van der Waals surface area contributed by atoms with Crippen LogP contribution in [0.25, 0.3) is 0 Å². The van der Waals surface area contributed by atoms with Crippen LogP contribution in [-0.2, 0) is 22.4 Å². The molecule has 8 heteroatoms. The first-order valence-corrected chi connectivity index (χ1v) is 6.33. The number of phenols is 2. The van der Waals surface area contributed by atoms with Crippen molar-refractivity contribution in [2.75, 3.05) is 0 Å². The predicted octanol–water partition coefficient (Wildman–Crippen LogP) is -6.62. The summed E-state index contributed by atoms with van der Waals surface area (Å²) in [6, 6.07) is 12.6. The van der Waals surface area contributed by atoms with Crippen molar-refractivity contribution in [1.82, 2.24) is 0 Å². The second-order valence-corrected chi connectivity index (χ2v) is 4.35. The molecule has 0 bridgehead atoms. The summed E-state index contributed by atoms with van der Waals surface area (Å²) < 4.78 is 0. The Bertz CT molecular complexity index is 603. The van der Waals surface area contributed by atoms with Gasteiger partial charge in [-0.1, -0.05) is 36.4 Å². The maximum absolute atomic E-state index is 10.1. The van der Waals surface area contributed by atoms with Gasteiger partial charge in [0.15, 0.2) is 0 Å². The van der Waals surface area contributed by atoms with Crippen molar-refractivity contribution in [1.29, 1.82) is 0 Å². The molecule has 0 aliphatic rings. The Balaban J connectivity index is 0. The average Bonchev–Trinajstić information content (AvgIpc) is 2.44. The van der Waals surface area contributed by atoms with Gasteiger partial charge in [0, 0.05) is 24.8 Å². The molecule has 2 aromatic rings. The minimum atomic E-state index is -1.19. The first kappa shape index (κ1) is 25.2. The van der Waals surface area contributed by atoms with Gasteiger partial charge in [0.1, 0.15) is 11.5 Å². The normalized spacial score (nSPS) is 8.67. The predicted molar refractivity (Wildman–Crippen MR) is 73.6 cm³/mol. The zero-order valence-electron chi connectivity index (χ0n) is 13.6. The van der Waals surface area contributed by atoms with Crippen LogP contribution in [0, 0.1) is 0 Å². The van der Waals surface area contributed by atoms with Crippen LogP contribution in [0.5, 0.6) is 11.5 Å². The molecule has 0 radical (unpaired) electrons. The number of aliphatic carboxylic acids is 2. The fraction of sp³-hybridized carbons (Fsp3) is 0.125. The molecule has 0 heterocycles. The fourth-order valence-corrected chi connectivity index (χ4v) is 1.63. The van der Waals surface area contributed by atoms with Crippen molar-refractivity contribution in [3.8, 4) is 11.5 Å². The summed E-state index contributed by atoms with van der Waals surface area (Å²) in [6.07, 6.45) is -0.487. The fourth-order valence-electron chi connectivity index (χ4n) is 1.63. The molecule has 0 amide bonds. The first-order valence-electron chi connectivity index (χ1n) is 6.33. The third-order valence-corrected chi connectivity index (χ3v) is 2.65. The monoisotopic (exact) mass is 348 g/mol. The second-order valence-electron chi connectivity index (χ2n) is 4.35. The van der Waals surface area contributed by atoms with Crippen LogP contribution >= 0.6 is 0 Å². The Morgan fingerprint density at radius 3 is 1.25 bits per heavy atom. The van der Waals surface area contributed by atoms with Gasteiger partial charge in [-0.3, -0.25) is 0 Å². The summed E-state index contributed by atoms with van der Waals surface area (Å²) in [5, 5.41) is 38.3. The summed E-state index contributed by atoms with van der Waals surface area (Å²) in [6.45, 7) is 0. The van der Waals surface area contributed by atoms with E-state index in [9.17, 15) is 19.8 Å². The first-order chi connectivity index (χ1) is 10.4. The van der Waals surface area contributed by atoms with E-state index in [1.807, 2.05) is 0 Å². The molecule has 0 unspecified atom stereocenters. The third-order valence-electron chi connectivity index (χ3n) is 2.65. The standard InChI is InChI=1S/2C8H8O3.2Na/c2*9-7-4-2-1-3-6(7)5-8(10)11;;/h2*1-4,9H,5H2,(H,10,11);;/q;;2*+1/p-2. The van der Waals surface area contributed by atoms with E-state index in [-0.39, 0.29) is 83.5 Å². The zero-order chi connectivity index (χ0) is 16.5. The Morgan fingerprint density at radius 2 is 1.00 bits per heavy atom. The number of carboxylic acids is 2. The summed E-state index contributed by atoms with van der Waals surface area (Å²) in [5.74, 6) is -2.38. The van der Waals surface area contributed by atoms with E-state index in [4.69, 9.17) is 10.2 Å². The SMILES string of the molecule is O=C([O-])Cc1ccccc1O.O=C([O-])Cc1ccccc1O.[Na+].[Na+]. The van der Waals surface area contributed by atoms with E-state index >= 15 is 0 Å². The van der Waals surface area contributed by atoms with Gasteiger partial charge >= 0.3 is 59.1 Å². The number of rotatable bonds is 4. The topological polar surface area (TPSA) is 121 Å². The van der Waals surface area contributed by atoms with Gasteiger partial charge in [0.25, 0.3) is 0 Å². The molecule has 24 heavy (non-hydrogen) atoms. The Labute approximate surface area is 183 Å². The van der Waals surface area contributed by atoms with Crippen LogP contribution in [0.15, 0.2) is 48.5 Å². The zero-order valence-corrected chi connectivity index (χ0v) is 17.6. The van der Waals surface area contributed by atoms with E-state index in [0.29, 0.717) is 11.1 Å². The van der Waals surface area contributed by atoms with Crippen molar-refractivity contribution in [2.45, 2.75) is 12.8 Å². The van der Waals surface area contributed by atoms with Crippen molar-refractivity contribution in [3.63, 3.8) is 0 Å². The average molecular weight is 348 g/mol. The quantitative estimate of drug-likeness (QED) is 0.530. The van der Waals surface area contributed by atoms with Crippen molar-refractivity contribution >= 4 is 11.9 Å². The molecule has 0 aliphatic carbocycles. The molecule has 2 aromatic carbocycles. The van der Waals surface area contributed by atoms with Crippen LogP contribution in [0.3, 0.4) is 0 Å². The smallest absolute Gasteiger partial charge is 0.550 e. The largest absolute Gasteiger partial charge is 1.00 e. The number of carboxylic acid groups (broad SMARTS) is 2. The van der Waals surface area contributed by atoms with Crippen molar-refractivity contribution in [2.24, 2.45) is 0 Å². The maximum atomic E-state index is 10.1. The van der Waals surface area contributed by atoms with E-state index in [0.717, 1.165) is 0 Å². The van der Waals surface area contributed by atoms with E-state index in [2.05, 4.69) is 0 Å². The van der Waals surface area contributed by atoms with Crippen LogP contribution < -0.4 is 69.3 Å². The molecular weight excluding hydrogens is 334 g/mol. The summed E-state index contributed by atoms with van der Waals surface area (Å²) >= 11 is 0. The third kappa shape index (κ3) is 9.97. The molecule has 2 N–H and O–H groups in total. The molecule has 0 fully saturated rings. The molecule has 6 nitrogen and oxygen atoms in total. The number of phenolic OH excluding ortho intramolecular Hbond substituents is 2. The van der Waals surface area contributed by atoms with Gasteiger partial charge in [0.05, 0.1) is 0 Å². The van der Waals surface area contributed by atoms with E-state index < -0.39 is 11.9 Å². The van der Waals surface area contributed by atoms with Gasteiger partial charge in [-0.25, -0.2) is 0 Å². The Hall–Kier alpha value is -1.02. The summed E-state index contributed by atoms with van der Waals surface area (Å²) in [7, 11) is 0. The molecule has 0 aliphatic heterocycles.